The molecule has 0 bridgehead atoms. The Hall–Kier alpha value is -4.13. The smallest absolute Gasteiger partial charge is 0.324 e. The maximum Gasteiger partial charge on any atom is 0.324 e. The number of carbonyl (C=O) groups excluding carboxylic acids is 2. The van der Waals surface area contributed by atoms with Gasteiger partial charge in [-0.2, -0.15) is 5.10 Å². The minimum Gasteiger partial charge on any atom is -0.349 e. The zero-order valence-corrected chi connectivity index (χ0v) is 20.8. The van der Waals surface area contributed by atoms with Crippen molar-refractivity contribution >= 4 is 34.2 Å². The van der Waals surface area contributed by atoms with Gasteiger partial charge >= 0.3 is 6.03 Å². The van der Waals surface area contributed by atoms with E-state index in [4.69, 9.17) is 5.10 Å². The SMILES string of the molecule is CN(C)C(=O)Cc1ccc(-n2nc(C(C)(C)C)cc2NC(=O)Nc2cccc3ccccc23)cc1. The number of rotatable bonds is 5. The van der Waals surface area contributed by atoms with Gasteiger partial charge in [0.25, 0.3) is 0 Å². The van der Waals surface area contributed by atoms with Crippen molar-refractivity contribution in [3.63, 3.8) is 0 Å². The molecule has 7 heteroatoms. The highest BCUT2D eigenvalue weighted by Gasteiger charge is 2.22. The fourth-order valence-corrected chi connectivity index (χ4v) is 3.73. The molecule has 1 heterocycles. The molecule has 0 saturated heterocycles. The first-order chi connectivity index (χ1) is 16.6. The van der Waals surface area contributed by atoms with Gasteiger partial charge in [0.1, 0.15) is 5.82 Å². The number of fused-ring (bicyclic) bond motifs is 1. The van der Waals surface area contributed by atoms with E-state index in [1.54, 1.807) is 23.7 Å². The summed E-state index contributed by atoms with van der Waals surface area (Å²) in [5.74, 6) is 0.601. The Morgan fingerprint density at radius 2 is 1.60 bits per heavy atom. The van der Waals surface area contributed by atoms with Crippen LogP contribution in [0.1, 0.15) is 32.0 Å². The summed E-state index contributed by atoms with van der Waals surface area (Å²) in [6.45, 7) is 6.24. The van der Waals surface area contributed by atoms with Crippen molar-refractivity contribution in [3.8, 4) is 5.69 Å². The number of carbonyl (C=O) groups is 2. The van der Waals surface area contributed by atoms with Crippen molar-refractivity contribution in [2.45, 2.75) is 32.6 Å². The Kier molecular flexibility index (Phi) is 6.60. The average Bonchev–Trinajstić information content (AvgIpc) is 3.24. The van der Waals surface area contributed by atoms with E-state index in [0.717, 1.165) is 33.4 Å². The molecule has 1 aromatic heterocycles. The summed E-state index contributed by atoms with van der Waals surface area (Å²) in [5.41, 5.74) is 3.09. The molecule has 180 valence electrons. The number of aromatic nitrogens is 2. The minimum atomic E-state index is -0.351. The van der Waals surface area contributed by atoms with Crippen molar-refractivity contribution in [2.24, 2.45) is 0 Å². The van der Waals surface area contributed by atoms with Crippen molar-refractivity contribution in [3.05, 3.63) is 84.1 Å². The maximum atomic E-state index is 13.0. The van der Waals surface area contributed by atoms with E-state index in [9.17, 15) is 9.59 Å². The van der Waals surface area contributed by atoms with Crippen LogP contribution in [-0.4, -0.2) is 40.7 Å². The topological polar surface area (TPSA) is 79.3 Å². The zero-order chi connectivity index (χ0) is 25.2. The van der Waals surface area contributed by atoms with Gasteiger partial charge in [-0.15, -0.1) is 0 Å². The summed E-state index contributed by atoms with van der Waals surface area (Å²) >= 11 is 0. The molecule has 4 rings (SSSR count). The van der Waals surface area contributed by atoms with Crippen LogP contribution in [0, 0.1) is 0 Å². The van der Waals surface area contributed by atoms with E-state index >= 15 is 0 Å². The standard InChI is InChI=1S/C28H31N5O2/c1-28(2,3)24-18-25(30-27(35)29-23-12-8-10-20-9-6-7-11-22(20)23)33(31-24)21-15-13-19(14-16-21)17-26(34)32(4)5/h6-16,18H,17H2,1-5H3,(H2,29,30,35). The Bertz CT molecular complexity index is 1360. The highest BCUT2D eigenvalue weighted by atomic mass is 16.2. The van der Waals surface area contributed by atoms with Crippen molar-refractivity contribution in [1.82, 2.24) is 14.7 Å². The zero-order valence-electron chi connectivity index (χ0n) is 20.8. The third kappa shape index (κ3) is 5.51. The number of hydrogen-bond acceptors (Lipinski definition) is 3. The van der Waals surface area contributed by atoms with Crippen molar-refractivity contribution in [2.75, 3.05) is 24.7 Å². The number of benzene rings is 3. The van der Waals surface area contributed by atoms with Gasteiger partial charge in [0.2, 0.25) is 5.91 Å². The van der Waals surface area contributed by atoms with Crippen LogP contribution in [0.25, 0.3) is 16.5 Å². The van der Waals surface area contributed by atoms with Crippen LogP contribution in [0.3, 0.4) is 0 Å². The van der Waals surface area contributed by atoms with Gasteiger partial charge in [-0.1, -0.05) is 69.3 Å². The summed E-state index contributed by atoms with van der Waals surface area (Å²) in [6, 6.07) is 22.9. The van der Waals surface area contributed by atoms with Crippen LogP contribution in [-0.2, 0) is 16.6 Å². The first-order valence-corrected chi connectivity index (χ1v) is 11.6. The second kappa shape index (κ2) is 9.62. The van der Waals surface area contributed by atoms with Crippen LogP contribution < -0.4 is 10.6 Å². The number of anilines is 2. The normalized spacial score (nSPS) is 11.3. The Labute approximate surface area is 205 Å². The van der Waals surface area contributed by atoms with Gasteiger partial charge < -0.3 is 10.2 Å². The molecule has 2 N–H and O–H groups in total. The summed E-state index contributed by atoms with van der Waals surface area (Å²) in [4.78, 5) is 26.6. The largest absolute Gasteiger partial charge is 0.349 e. The maximum absolute atomic E-state index is 13.0. The molecule has 0 aliphatic heterocycles. The van der Waals surface area contributed by atoms with Crippen molar-refractivity contribution in [1.29, 1.82) is 0 Å². The third-order valence-corrected chi connectivity index (χ3v) is 5.79. The quantitative estimate of drug-likeness (QED) is 0.399. The number of hydrogen-bond donors (Lipinski definition) is 2. The monoisotopic (exact) mass is 469 g/mol. The summed E-state index contributed by atoms with van der Waals surface area (Å²) in [5, 5.41) is 12.7. The van der Waals surface area contributed by atoms with Gasteiger partial charge in [0.05, 0.1) is 23.5 Å². The van der Waals surface area contributed by atoms with Crippen LogP contribution in [0.4, 0.5) is 16.3 Å². The summed E-state index contributed by atoms with van der Waals surface area (Å²) < 4.78 is 1.72. The van der Waals surface area contributed by atoms with Gasteiger partial charge in [-0.25, -0.2) is 9.48 Å². The lowest BCUT2D eigenvalue weighted by Crippen LogP contribution is -2.23. The first kappa shape index (κ1) is 24.0. The average molecular weight is 470 g/mol. The molecule has 3 aromatic carbocycles. The number of nitrogens with zero attached hydrogens (tertiary/aromatic N) is 3. The molecular formula is C28H31N5O2. The van der Waals surface area contributed by atoms with E-state index in [2.05, 4.69) is 31.4 Å². The molecule has 0 unspecified atom stereocenters. The second-order valence-corrected chi connectivity index (χ2v) is 9.81. The van der Waals surface area contributed by atoms with Crippen LogP contribution in [0.15, 0.2) is 72.8 Å². The number of likely N-dealkylation sites (N-methyl/N-ethyl adjacent to an activating group) is 1. The molecule has 4 aromatic rings. The lowest BCUT2D eigenvalue weighted by Gasteiger charge is -2.14. The highest BCUT2D eigenvalue weighted by Crippen LogP contribution is 2.27. The van der Waals surface area contributed by atoms with Gasteiger partial charge in [-0.3, -0.25) is 10.1 Å². The Balaban J connectivity index is 1.60. The predicted octanol–water partition coefficient (Wildman–Crippen LogP) is 5.60. The molecule has 0 fully saturated rings. The molecule has 0 atom stereocenters. The number of amides is 3. The molecule has 0 spiro atoms. The van der Waals surface area contributed by atoms with Gasteiger partial charge in [-0.05, 0) is 29.1 Å². The Morgan fingerprint density at radius 1 is 0.914 bits per heavy atom. The fourth-order valence-electron chi connectivity index (χ4n) is 3.73. The lowest BCUT2D eigenvalue weighted by atomic mass is 9.92. The molecule has 7 nitrogen and oxygen atoms in total. The molecule has 0 radical (unpaired) electrons. The van der Waals surface area contributed by atoms with E-state index < -0.39 is 0 Å². The molecule has 0 aliphatic carbocycles. The van der Waals surface area contributed by atoms with E-state index in [0.29, 0.717) is 12.2 Å². The number of nitrogens with one attached hydrogen (secondary N) is 2. The second-order valence-electron chi connectivity index (χ2n) is 9.81. The Morgan fingerprint density at radius 3 is 2.29 bits per heavy atom. The molecule has 0 saturated carbocycles. The fraction of sp³-hybridized carbons (Fsp3) is 0.250. The van der Waals surface area contributed by atoms with Crippen molar-refractivity contribution < 1.29 is 9.59 Å². The molecule has 0 aliphatic rings. The van der Waals surface area contributed by atoms with Crippen LogP contribution in [0.5, 0.6) is 0 Å². The van der Waals surface area contributed by atoms with Crippen LogP contribution >= 0.6 is 0 Å². The van der Waals surface area contributed by atoms with Gasteiger partial charge in [0.15, 0.2) is 0 Å². The minimum absolute atomic E-state index is 0.0410. The third-order valence-electron chi connectivity index (χ3n) is 5.79. The van der Waals surface area contributed by atoms with Gasteiger partial charge in [0, 0.05) is 31.0 Å². The summed E-state index contributed by atoms with van der Waals surface area (Å²) in [6.07, 6.45) is 0.332. The number of urea groups is 1. The predicted molar refractivity (Wildman–Crippen MR) is 141 cm³/mol. The lowest BCUT2D eigenvalue weighted by molar-refractivity contribution is -0.127. The highest BCUT2D eigenvalue weighted by molar-refractivity contribution is 6.06. The first-order valence-electron chi connectivity index (χ1n) is 11.6. The van der Waals surface area contributed by atoms with E-state index in [-0.39, 0.29) is 17.4 Å². The van der Waals surface area contributed by atoms with E-state index in [1.165, 1.54) is 0 Å². The molecule has 35 heavy (non-hydrogen) atoms. The molecular weight excluding hydrogens is 438 g/mol. The molecule has 3 amide bonds. The van der Waals surface area contributed by atoms with E-state index in [1.807, 2.05) is 72.8 Å². The summed E-state index contributed by atoms with van der Waals surface area (Å²) in [7, 11) is 3.49. The van der Waals surface area contributed by atoms with Crippen LogP contribution in [0.2, 0.25) is 0 Å².